The maximum absolute atomic E-state index is 13.2. The van der Waals surface area contributed by atoms with Crippen molar-refractivity contribution in [1.82, 2.24) is 15.1 Å². The molecule has 1 aliphatic rings. The van der Waals surface area contributed by atoms with Crippen LogP contribution in [0.15, 0.2) is 46.1 Å². The predicted molar refractivity (Wildman–Crippen MR) is 177 cm³/mol. The standard InChI is InChI=1S/C30H49N5O8Si2/c1-12-40-27(37)20-13-15-21(16-14-20)32-33-35(39)19-22-24(42-44(8,9)29(2,3)4)25(43-45(10,11)30(5,6)7)26(41-22)34-18-17-23(36)31-28(34)38/h13-18,22,24-26H,12,19H2,1-11H3,(H2-,31,32,33,36,37,38,39)/p+1. The summed E-state index contributed by atoms with van der Waals surface area (Å²) in [6.07, 6.45) is -1.83. The summed E-state index contributed by atoms with van der Waals surface area (Å²) < 4.78 is 26.7. The molecule has 0 saturated carbocycles. The molecule has 0 spiro atoms. The van der Waals surface area contributed by atoms with E-state index < -0.39 is 58.4 Å². The minimum Gasteiger partial charge on any atom is -0.462 e. The molecule has 45 heavy (non-hydrogen) atoms. The lowest BCUT2D eigenvalue weighted by molar-refractivity contribution is -0.610. The molecule has 250 valence electrons. The molecule has 1 aliphatic heterocycles. The Kier molecular flexibility index (Phi) is 11.1. The Morgan fingerprint density at radius 1 is 0.956 bits per heavy atom. The Labute approximate surface area is 266 Å². The molecule has 0 aliphatic carbocycles. The number of nitrogens with zero attached hydrogens (tertiary/aromatic N) is 2. The molecule has 3 N–H and O–H groups in total. The number of carbonyl (C=O) groups is 1. The van der Waals surface area contributed by atoms with Crippen molar-refractivity contribution in [3.05, 3.63) is 67.8 Å². The summed E-state index contributed by atoms with van der Waals surface area (Å²) in [5.41, 5.74) is 5.21. The van der Waals surface area contributed by atoms with Gasteiger partial charge in [0, 0.05) is 12.3 Å². The smallest absolute Gasteiger partial charge is 0.338 e. The molecule has 0 bridgehead atoms. The number of benzene rings is 1. The summed E-state index contributed by atoms with van der Waals surface area (Å²) >= 11 is 0. The fraction of sp³-hybridized carbons (Fsp3) is 0.633. The van der Waals surface area contributed by atoms with E-state index in [1.54, 1.807) is 31.2 Å². The molecule has 2 aromatic rings. The molecule has 4 unspecified atom stereocenters. The molecule has 1 saturated heterocycles. The van der Waals surface area contributed by atoms with Gasteiger partial charge in [0.1, 0.15) is 17.1 Å². The number of aromatic nitrogens is 2. The van der Waals surface area contributed by atoms with Crippen molar-refractivity contribution in [3.8, 4) is 0 Å². The summed E-state index contributed by atoms with van der Waals surface area (Å²) in [6, 6.07) is 7.73. The van der Waals surface area contributed by atoms with Crippen LogP contribution in [0.5, 0.6) is 0 Å². The van der Waals surface area contributed by atoms with Crippen LogP contribution in [0.1, 0.15) is 65.1 Å². The van der Waals surface area contributed by atoms with E-state index in [2.05, 4.69) is 83.7 Å². The van der Waals surface area contributed by atoms with Gasteiger partial charge in [0.15, 0.2) is 29.0 Å². The number of hydrogen-bond donors (Lipinski definition) is 3. The topological polar surface area (TPSA) is 153 Å². The van der Waals surface area contributed by atoms with Crippen molar-refractivity contribution >= 4 is 28.3 Å². The predicted octanol–water partition coefficient (Wildman–Crippen LogP) is 4.70. The van der Waals surface area contributed by atoms with Gasteiger partial charge in [-0.2, -0.15) is 0 Å². The molecule has 13 nitrogen and oxygen atoms in total. The van der Waals surface area contributed by atoms with Crippen molar-refractivity contribution in [2.75, 3.05) is 18.6 Å². The van der Waals surface area contributed by atoms with Gasteiger partial charge in [0.25, 0.3) is 12.1 Å². The van der Waals surface area contributed by atoms with Gasteiger partial charge in [0.2, 0.25) is 0 Å². The Balaban J connectivity index is 1.94. The molecule has 0 radical (unpaired) electrons. The first kappa shape index (κ1) is 36.4. The van der Waals surface area contributed by atoms with Crippen molar-refractivity contribution in [2.24, 2.45) is 0 Å². The summed E-state index contributed by atoms with van der Waals surface area (Å²) in [7, 11) is -4.92. The van der Waals surface area contributed by atoms with Gasteiger partial charge in [-0.1, -0.05) is 47.1 Å². The molecular formula is C30H50N5O8Si2+. The lowest BCUT2D eigenvalue weighted by Gasteiger charge is -2.43. The SMILES string of the molecule is CCOC(=O)c1ccc(NN[N+](=O)CC2OC(n3ccc(=O)[nH]c3=O)C(O[Si](C)(C)C(C)(C)C)C2O[Si](C)(C)C(C)(C)C)cc1. The number of hydrogen-bond acceptors (Lipinski definition) is 9. The van der Waals surface area contributed by atoms with Crippen LogP contribution in [0, 0.1) is 4.91 Å². The van der Waals surface area contributed by atoms with Crippen LogP contribution in [0.4, 0.5) is 5.69 Å². The van der Waals surface area contributed by atoms with Crippen LogP contribution in [0.2, 0.25) is 36.3 Å². The van der Waals surface area contributed by atoms with E-state index in [4.69, 9.17) is 18.3 Å². The number of aromatic amines is 1. The fourth-order valence-electron chi connectivity index (χ4n) is 4.25. The summed E-state index contributed by atoms with van der Waals surface area (Å²) in [5.74, 6) is -0.431. The Hall–Kier alpha value is -3.12. The van der Waals surface area contributed by atoms with E-state index >= 15 is 0 Å². The number of ether oxygens (including phenoxy) is 2. The molecule has 1 aromatic heterocycles. The number of carbonyl (C=O) groups excluding carboxylic acids is 1. The normalized spacial score (nSPS) is 21.0. The van der Waals surface area contributed by atoms with Gasteiger partial charge in [-0.05, 0) is 67.5 Å². The van der Waals surface area contributed by atoms with Gasteiger partial charge >= 0.3 is 11.7 Å². The van der Waals surface area contributed by atoms with Gasteiger partial charge in [-0.15, -0.1) is 0 Å². The highest BCUT2D eigenvalue weighted by atomic mass is 28.4. The highest BCUT2D eigenvalue weighted by Gasteiger charge is 2.56. The van der Waals surface area contributed by atoms with Crippen LogP contribution in [-0.2, 0) is 18.3 Å². The maximum Gasteiger partial charge on any atom is 0.338 e. The first-order chi connectivity index (χ1) is 20.7. The lowest BCUT2D eigenvalue weighted by atomic mass is 10.1. The molecule has 3 rings (SSSR count). The lowest BCUT2D eigenvalue weighted by Crippen LogP contribution is -2.55. The Morgan fingerprint density at radius 3 is 2.02 bits per heavy atom. The fourth-order valence-corrected chi connectivity index (χ4v) is 6.85. The molecule has 15 heteroatoms. The van der Waals surface area contributed by atoms with Crippen molar-refractivity contribution in [1.29, 1.82) is 0 Å². The first-order valence-electron chi connectivity index (χ1n) is 15.2. The zero-order chi connectivity index (χ0) is 34.0. The van der Waals surface area contributed by atoms with Crippen LogP contribution in [0.3, 0.4) is 0 Å². The number of esters is 1. The number of nitroso groups, excluding NO2 is 1. The monoisotopic (exact) mass is 664 g/mol. The zero-order valence-corrected chi connectivity index (χ0v) is 30.3. The second kappa shape index (κ2) is 13.7. The third-order valence-corrected chi connectivity index (χ3v) is 17.9. The molecule has 2 heterocycles. The van der Waals surface area contributed by atoms with E-state index in [1.165, 1.54) is 16.8 Å². The average molecular weight is 665 g/mol. The second-order valence-electron chi connectivity index (χ2n) is 14.4. The van der Waals surface area contributed by atoms with E-state index in [0.29, 0.717) is 16.1 Å². The van der Waals surface area contributed by atoms with Gasteiger partial charge in [-0.3, -0.25) is 14.3 Å². The van der Waals surface area contributed by atoms with Gasteiger partial charge < -0.3 is 18.3 Å². The number of hydrazine groups is 2. The van der Waals surface area contributed by atoms with E-state index in [9.17, 15) is 19.3 Å². The number of anilines is 1. The summed E-state index contributed by atoms with van der Waals surface area (Å²) in [4.78, 5) is 53.0. The number of H-pyrrole nitrogens is 1. The first-order valence-corrected chi connectivity index (χ1v) is 21.0. The molecule has 1 aromatic carbocycles. The Bertz CT molecular complexity index is 1460. The van der Waals surface area contributed by atoms with Crippen LogP contribution in [-0.4, -0.2) is 68.5 Å². The molecule has 4 atom stereocenters. The second-order valence-corrected chi connectivity index (χ2v) is 23.9. The number of rotatable bonds is 12. The van der Waals surface area contributed by atoms with Crippen LogP contribution >= 0.6 is 0 Å². The number of nitrogens with one attached hydrogen (secondary N) is 3. The third-order valence-electron chi connectivity index (χ3n) is 8.95. The quantitative estimate of drug-likeness (QED) is 0.126. The van der Waals surface area contributed by atoms with E-state index in [-0.39, 0.29) is 23.2 Å². The molecular weight excluding hydrogens is 615 g/mol. The summed E-state index contributed by atoms with van der Waals surface area (Å²) in [5, 5.41) is -0.343. The van der Waals surface area contributed by atoms with Crippen LogP contribution < -0.4 is 22.2 Å². The van der Waals surface area contributed by atoms with Crippen molar-refractivity contribution in [2.45, 2.75) is 109 Å². The van der Waals surface area contributed by atoms with Gasteiger partial charge in [-0.25, -0.2) is 15.0 Å². The summed E-state index contributed by atoms with van der Waals surface area (Å²) in [6.45, 7) is 23.0. The zero-order valence-electron chi connectivity index (χ0n) is 28.3. The minimum absolute atomic E-state index is 0.168. The average Bonchev–Trinajstić information content (AvgIpc) is 3.21. The third kappa shape index (κ3) is 8.78. The van der Waals surface area contributed by atoms with E-state index in [1.807, 2.05) is 0 Å². The van der Waals surface area contributed by atoms with Crippen molar-refractivity contribution < 1.29 is 28.0 Å². The highest BCUT2D eigenvalue weighted by Crippen LogP contribution is 2.45. The van der Waals surface area contributed by atoms with Gasteiger partial charge in [0.05, 0.1) is 22.8 Å². The maximum atomic E-state index is 13.2. The molecule has 0 amide bonds. The van der Waals surface area contributed by atoms with E-state index in [0.717, 1.165) is 0 Å². The highest BCUT2D eigenvalue weighted by molar-refractivity contribution is 6.74. The largest absolute Gasteiger partial charge is 0.462 e. The molecule has 1 fully saturated rings. The van der Waals surface area contributed by atoms with Crippen molar-refractivity contribution in [3.63, 3.8) is 0 Å². The van der Waals surface area contributed by atoms with Crippen LogP contribution in [0.25, 0.3) is 0 Å². The Morgan fingerprint density at radius 2 is 1.51 bits per heavy atom. The minimum atomic E-state index is -2.47.